The van der Waals surface area contributed by atoms with E-state index < -0.39 is 0 Å². The Morgan fingerprint density at radius 1 is 1.24 bits per heavy atom. The Labute approximate surface area is 225 Å². The van der Waals surface area contributed by atoms with E-state index in [4.69, 9.17) is 9.47 Å². The number of allylic oxidation sites excluding steroid dienone is 1. The second-order valence-electron chi connectivity index (χ2n) is 8.93. The van der Waals surface area contributed by atoms with Crippen molar-refractivity contribution in [2.24, 2.45) is 0 Å². The van der Waals surface area contributed by atoms with E-state index in [0.717, 1.165) is 35.5 Å². The van der Waals surface area contributed by atoms with Gasteiger partial charge in [0.1, 0.15) is 17.4 Å². The lowest BCUT2D eigenvalue weighted by Gasteiger charge is -2.11. The Balaban J connectivity index is 1.39. The van der Waals surface area contributed by atoms with E-state index >= 15 is 0 Å². The third-order valence-electron chi connectivity index (χ3n) is 6.01. The second-order valence-corrected chi connectivity index (χ2v) is 11.0. The monoisotopic (exact) mass is 540 g/mol. The zero-order valence-electron chi connectivity index (χ0n) is 21.4. The highest BCUT2D eigenvalue weighted by Gasteiger charge is 2.28. The van der Waals surface area contributed by atoms with Crippen molar-refractivity contribution in [2.45, 2.75) is 64.3 Å². The molecule has 1 amide bonds. The van der Waals surface area contributed by atoms with Crippen LogP contribution in [0.1, 0.15) is 65.3 Å². The molecule has 1 aromatic carbocycles. The number of carbonyl (C=O) groups is 2. The van der Waals surface area contributed by atoms with Crippen LogP contribution in [0.4, 0.5) is 5.00 Å². The fraction of sp³-hybridized carbons (Fsp3) is 0.407. The number of hydrogen-bond acceptors (Lipinski definition) is 8. The zero-order valence-corrected chi connectivity index (χ0v) is 23.0. The molecular weight excluding hydrogens is 508 g/mol. The lowest BCUT2D eigenvalue weighted by molar-refractivity contribution is -0.113. The number of thiophene rings is 1. The minimum Gasteiger partial charge on any atom is -0.486 e. The molecule has 2 heterocycles. The van der Waals surface area contributed by atoms with Gasteiger partial charge < -0.3 is 14.8 Å². The molecule has 0 radical (unpaired) electrons. The molecule has 0 aliphatic heterocycles. The summed E-state index contributed by atoms with van der Waals surface area (Å²) in [5.74, 6) is 1.39. The van der Waals surface area contributed by atoms with Crippen molar-refractivity contribution in [1.82, 2.24) is 14.8 Å². The molecule has 0 saturated heterocycles. The van der Waals surface area contributed by atoms with Gasteiger partial charge in [0.05, 0.1) is 17.9 Å². The molecule has 196 valence electrons. The normalized spacial score (nSPS) is 12.4. The summed E-state index contributed by atoms with van der Waals surface area (Å²) in [6, 6.07) is 8.02. The van der Waals surface area contributed by atoms with Crippen LogP contribution in [0.3, 0.4) is 0 Å². The largest absolute Gasteiger partial charge is 0.486 e. The first kappa shape index (κ1) is 26.9. The SMILES string of the molecule is C=CCn1c(COc2ccc(C(C)C)cc2)nnc1SCC(=O)Nc1sc2c(c1C(=O)OCC)CCC2. The van der Waals surface area contributed by atoms with Crippen LogP contribution in [0.25, 0.3) is 0 Å². The number of nitrogens with one attached hydrogen (secondary N) is 1. The molecule has 1 aliphatic carbocycles. The number of fused-ring (bicyclic) bond motifs is 1. The van der Waals surface area contributed by atoms with Gasteiger partial charge in [0.2, 0.25) is 5.91 Å². The molecule has 1 aliphatic rings. The number of aryl methyl sites for hydroxylation is 1. The zero-order chi connectivity index (χ0) is 26.4. The number of rotatable bonds is 12. The Morgan fingerprint density at radius 2 is 2.03 bits per heavy atom. The number of nitrogens with zero attached hydrogens (tertiary/aromatic N) is 3. The Morgan fingerprint density at radius 3 is 2.73 bits per heavy atom. The van der Waals surface area contributed by atoms with Gasteiger partial charge in [-0.2, -0.15) is 0 Å². The molecule has 0 saturated carbocycles. The highest BCUT2D eigenvalue weighted by atomic mass is 32.2. The molecule has 0 unspecified atom stereocenters. The van der Waals surface area contributed by atoms with Crippen molar-refractivity contribution < 1.29 is 19.1 Å². The number of thioether (sulfide) groups is 1. The lowest BCUT2D eigenvalue weighted by atomic mass is 10.0. The predicted molar refractivity (Wildman–Crippen MR) is 147 cm³/mol. The number of hydrogen-bond donors (Lipinski definition) is 1. The van der Waals surface area contributed by atoms with Crippen LogP contribution in [0.5, 0.6) is 5.75 Å². The number of anilines is 1. The molecule has 37 heavy (non-hydrogen) atoms. The van der Waals surface area contributed by atoms with Gasteiger partial charge in [0, 0.05) is 11.4 Å². The molecule has 0 bridgehead atoms. The number of esters is 1. The minimum atomic E-state index is -0.376. The third-order valence-corrected chi connectivity index (χ3v) is 8.18. The van der Waals surface area contributed by atoms with Gasteiger partial charge in [0.25, 0.3) is 0 Å². The summed E-state index contributed by atoms with van der Waals surface area (Å²) in [6.45, 7) is 10.9. The number of ether oxygens (including phenoxy) is 2. The summed E-state index contributed by atoms with van der Waals surface area (Å²) >= 11 is 2.75. The summed E-state index contributed by atoms with van der Waals surface area (Å²) in [7, 11) is 0. The van der Waals surface area contributed by atoms with Gasteiger partial charge in [-0.3, -0.25) is 9.36 Å². The van der Waals surface area contributed by atoms with E-state index in [9.17, 15) is 9.59 Å². The first-order chi connectivity index (χ1) is 17.9. The molecule has 2 aromatic heterocycles. The van der Waals surface area contributed by atoms with Gasteiger partial charge in [-0.25, -0.2) is 4.79 Å². The van der Waals surface area contributed by atoms with Gasteiger partial charge in [-0.05, 0) is 55.4 Å². The van der Waals surface area contributed by atoms with Crippen molar-refractivity contribution >= 4 is 40.0 Å². The highest BCUT2D eigenvalue weighted by molar-refractivity contribution is 7.99. The summed E-state index contributed by atoms with van der Waals surface area (Å²) in [4.78, 5) is 26.5. The molecule has 4 rings (SSSR count). The summed E-state index contributed by atoms with van der Waals surface area (Å²) in [6.07, 6.45) is 4.54. The average molecular weight is 541 g/mol. The Bertz CT molecular complexity index is 1260. The van der Waals surface area contributed by atoms with Crippen molar-refractivity contribution in [3.05, 3.63) is 64.3 Å². The van der Waals surface area contributed by atoms with Gasteiger partial charge >= 0.3 is 5.97 Å². The number of benzene rings is 1. The predicted octanol–water partition coefficient (Wildman–Crippen LogP) is 5.62. The molecule has 0 fully saturated rings. The Hall–Kier alpha value is -3.11. The number of aromatic nitrogens is 3. The average Bonchev–Trinajstić information content (AvgIpc) is 3.57. The van der Waals surface area contributed by atoms with E-state index in [1.54, 1.807) is 13.0 Å². The molecule has 0 spiro atoms. The maximum Gasteiger partial charge on any atom is 0.341 e. The summed E-state index contributed by atoms with van der Waals surface area (Å²) < 4.78 is 13.1. The molecule has 0 atom stereocenters. The maximum absolute atomic E-state index is 12.8. The van der Waals surface area contributed by atoms with Crippen molar-refractivity contribution in [3.8, 4) is 5.75 Å². The topological polar surface area (TPSA) is 95.3 Å². The fourth-order valence-corrected chi connectivity index (χ4v) is 6.21. The van der Waals surface area contributed by atoms with Crippen molar-refractivity contribution in [1.29, 1.82) is 0 Å². The van der Waals surface area contributed by atoms with Crippen LogP contribution >= 0.6 is 23.1 Å². The fourth-order valence-electron chi connectivity index (χ4n) is 4.15. The van der Waals surface area contributed by atoms with E-state index in [2.05, 4.69) is 48.1 Å². The number of amides is 1. The molecular formula is C27H32N4O4S2. The van der Waals surface area contributed by atoms with E-state index in [-0.39, 0.29) is 24.2 Å². The van der Waals surface area contributed by atoms with Gasteiger partial charge in [-0.1, -0.05) is 43.8 Å². The van der Waals surface area contributed by atoms with E-state index in [0.29, 0.717) is 40.6 Å². The molecule has 8 nitrogen and oxygen atoms in total. The first-order valence-electron chi connectivity index (χ1n) is 12.4. The van der Waals surface area contributed by atoms with Crippen LogP contribution in [-0.4, -0.2) is 39.0 Å². The number of carbonyl (C=O) groups excluding carboxylic acids is 2. The second kappa shape index (κ2) is 12.4. The van der Waals surface area contributed by atoms with E-state index in [1.165, 1.54) is 28.7 Å². The van der Waals surface area contributed by atoms with Crippen molar-refractivity contribution in [3.63, 3.8) is 0 Å². The van der Waals surface area contributed by atoms with Crippen molar-refractivity contribution in [2.75, 3.05) is 17.7 Å². The minimum absolute atomic E-state index is 0.123. The first-order valence-corrected chi connectivity index (χ1v) is 14.2. The molecule has 1 N–H and O–H groups in total. The highest BCUT2D eigenvalue weighted by Crippen LogP contribution is 2.39. The van der Waals surface area contributed by atoms with Crippen LogP contribution in [0, 0.1) is 0 Å². The van der Waals surface area contributed by atoms with Crippen LogP contribution in [-0.2, 0) is 35.5 Å². The van der Waals surface area contributed by atoms with Crippen LogP contribution in [0.15, 0.2) is 42.1 Å². The van der Waals surface area contributed by atoms with Gasteiger partial charge in [-0.15, -0.1) is 28.1 Å². The van der Waals surface area contributed by atoms with Gasteiger partial charge in [0.15, 0.2) is 11.0 Å². The third kappa shape index (κ3) is 6.42. The van der Waals surface area contributed by atoms with Crippen LogP contribution < -0.4 is 10.1 Å². The standard InChI is InChI=1S/C27H32N4O4S2/c1-5-14-31-22(15-35-19-12-10-18(11-13-19)17(3)4)29-30-27(31)36-16-23(32)28-25-24(26(33)34-6-2)20-8-7-9-21(20)37-25/h5,10-13,17H,1,6-9,14-16H2,2-4H3,(H,28,32). The Kier molecular flexibility index (Phi) is 9.04. The molecule has 3 aromatic rings. The summed E-state index contributed by atoms with van der Waals surface area (Å²) in [5.41, 5.74) is 2.77. The lowest BCUT2D eigenvalue weighted by Crippen LogP contribution is -2.17. The van der Waals surface area contributed by atoms with Crippen LogP contribution in [0.2, 0.25) is 0 Å². The molecule has 10 heteroatoms. The maximum atomic E-state index is 12.8. The summed E-state index contributed by atoms with van der Waals surface area (Å²) in [5, 5.41) is 12.6. The van der Waals surface area contributed by atoms with E-state index in [1.807, 2.05) is 16.7 Å². The quantitative estimate of drug-likeness (QED) is 0.181. The smallest absolute Gasteiger partial charge is 0.341 e.